The lowest BCUT2D eigenvalue weighted by Crippen LogP contribution is -2.13. The summed E-state index contributed by atoms with van der Waals surface area (Å²) < 4.78 is 53.7. The Morgan fingerprint density at radius 3 is 2.21 bits per heavy atom. The van der Waals surface area contributed by atoms with Crippen molar-refractivity contribution in [2.75, 3.05) is 10.6 Å². The molecular weight excluding hydrogens is 372 g/mol. The lowest BCUT2D eigenvalue weighted by molar-refractivity contribution is -0.137. The van der Waals surface area contributed by atoms with E-state index in [1.807, 2.05) is 12.1 Å². The second-order valence-corrected chi connectivity index (χ2v) is 6.46. The predicted octanol–water partition coefficient (Wildman–Crippen LogP) is 6.25. The Morgan fingerprint density at radius 1 is 0.929 bits per heavy atom. The van der Waals surface area contributed by atoms with Crippen LogP contribution < -0.4 is 10.6 Å². The Balaban J connectivity index is 1.92. The van der Waals surface area contributed by atoms with Crippen LogP contribution >= 0.6 is 0 Å². The molecule has 0 spiro atoms. The largest absolute Gasteiger partial charge is 0.421 e. The van der Waals surface area contributed by atoms with E-state index in [1.165, 1.54) is 18.2 Å². The van der Waals surface area contributed by atoms with Crippen LogP contribution in [0, 0.1) is 5.82 Å². The summed E-state index contributed by atoms with van der Waals surface area (Å²) >= 11 is 0. The van der Waals surface area contributed by atoms with E-state index in [9.17, 15) is 17.6 Å². The first-order valence-corrected chi connectivity index (χ1v) is 8.57. The van der Waals surface area contributed by atoms with Gasteiger partial charge in [0.2, 0.25) is 5.95 Å². The summed E-state index contributed by atoms with van der Waals surface area (Å²) in [6, 6.07) is 12.8. The highest BCUT2D eigenvalue weighted by atomic mass is 19.4. The molecule has 0 fully saturated rings. The summed E-state index contributed by atoms with van der Waals surface area (Å²) in [6.07, 6.45) is -4.02. The first-order chi connectivity index (χ1) is 13.2. The molecule has 2 aromatic carbocycles. The van der Waals surface area contributed by atoms with Gasteiger partial charge in [0.25, 0.3) is 0 Å². The Morgan fingerprint density at radius 2 is 1.61 bits per heavy atom. The number of rotatable bonds is 5. The normalized spacial score (nSPS) is 11.5. The standard InChI is InChI=1S/C20H18F4N4/c1-12(2)13-7-9-14(10-8-13)26-19-25-11-15(20(22,23)24)18(28-19)27-17-6-4-3-5-16(17)21/h3-12H,1-2H3,(H2,25,26,27,28). The molecule has 28 heavy (non-hydrogen) atoms. The SMILES string of the molecule is CC(C)c1ccc(Nc2ncc(C(F)(F)F)c(Nc3ccccc3F)n2)cc1. The van der Waals surface area contributed by atoms with Crippen molar-refractivity contribution in [2.24, 2.45) is 0 Å². The maximum absolute atomic E-state index is 13.9. The number of benzene rings is 2. The van der Waals surface area contributed by atoms with Crippen molar-refractivity contribution in [3.8, 4) is 0 Å². The first-order valence-electron chi connectivity index (χ1n) is 8.57. The molecule has 0 atom stereocenters. The van der Waals surface area contributed by atoms with Crippen molar-refractivity contribution in [3.05, 3.63) is 71.7 Å². The molecule has 8 heteroatoms. The van der Waals surface area contributed by atoms with E-state index in [2.05, 4.69) is 34.4 Å². The number of alkyl halides is 3. The summed E-state index contributed by atoms with van der Waals surface area (Å²) in [7, 11) is 0. The Bertz CT molecular complexity index is 953. The molecular formula is C20H18F4N4. The predicted molar refractivity (Wildman–Crippen MR) is 101 cm³/mol. The van der Waals surface area contributed by atoms with E-state index in [-0.39, 0.29) is 11.6 Å². The Labute approximate surface area is 159 Å². The molecule has 3 rings (SSSR count). The molecule has 4 nitrogen and oxygen atoms in total. The van der Waals surface area contributed by atoms with Gasteiger partial charge in [0.15, 0.2) is 0 Å². The molecule has 0 amide bonds. The van der Waals surface area contributed by atoms with Crippen LogP contribution in [-0.4, -0.2) is 9.97 Å². The average Bonchev–Trinajstić information content (AvgIpc) is 2.63. The van der Waals surface area contributed by atoms with Crippen molar-refractivity contribution < 1.29 is 17.6 Å². The lowest BCUT2D eigenvalue weighted by atomic mass is 10.0. The molecule has 0 aliphatic carbocycles. The van der Waals surface area contributed by atoms with Crippen LogP contribution in [0.4, 0.5) is 40.7 Å². The minimum absolute atomic E-state index is 0.0378. The van der Waals surface area contributed by atoms with Gasteiger partial charge in [0.05, 0.1) is 5.69 Å². The summed E-state index contributed by atoms with van der Waals surface area (Å²) in [4.78, 5) is 7.66. The molecule has 0 bridgehead atoms. The van der Waals surface area contributed by atoms with Crippen LogP contribution in [0.1, 0.15) is 30.9 Å². The van der Waals surface area contributed by atoms with Gasteiger partial charge in [-0.15, -0.1) is 0 Å². The van der Waals surface area contributed by atoms with Gasteiger partial charge < -0.3 is 10.6 Å². The third-order valence-electron chi connectivity index (χ3n) is 4.05. The van der Waals surface area contributed by atoms with Gasteiger partial charge in [-0.1, -0.05) is 38.1 Å². The van der Waals surface area contributed by atoms with E-state index in [1.54, 1.807) is 12.1 Å². The summed E-state index contributed by atoms with van der Waals surface area (Å²) in [6.45, 7) is 4.12. The van der Waals surface area contributed by atoms with Crippen molar-refractivity contribution in [2.45, 2.75) is 25.9 Å². The highest BCUT2D eigenvalue weighted by molar-refractivity contribution is 5.63. The van der Waals surface area contributed by atoms with Crippen molar-refractivity contribution in [1.29, 1.82) is 0 Å². The van der Waals surface area contributed by atoms with E-state index in [0.717, 1.165) is 11.6 Å². The molecule has 0 aliphatic heterocycles. The molecule has 0 radical (unpaired) electrons. The van der Waals surface area contributed by atoms with Gasteiger partial charge >= 0.3 is 6.18 Å². The third-order valence-corrected chi connectivity index (χ3v) is 4.05. The van der Waals surface area contributed by atoms with E-state index >= 15 is 0 Å². The van der Waals surface area contributed by atoms with Crippen LogP contribution in [0.25, 0.3) is 0 Å². The summed E-state index contributed by atoms with van der Waals surface area (Å²) in [5.41, 5.74) is 0.553. The van der Waals surface area contributed by atoms with E-state index in [0.29, 0.717) is 17.8 Å². The van der Waals surface area contributed by atoms with Crippen LogP contribution in [0.5, 0.6) is 0 Å². The van der Waals surface area contributed by atoms with Crippen LogP contribution in [0.15, 0.2) is 54.7 Å². The minimum atomic E-state index is -4.69. The number of para-hydroxylation sites is 1. The zero-order valence-corrected chi connectivity index (χ0v) is 15.2. The molecule has 146 valence electrons. The van der Waals surface area contributed by atoms with Gasteiger partial charge in [-0.2, -0.15) is 18.2 Å². The number of aromatic nitrogens is 2. The fraction of sp³-hybridized carbons (Fsp3) is 0.200. The lowest BCUT2D eigenvalue weighted by Gasteiger charge is -2.15. The highest BCUT2D eigenvalue weighted by Gasteiger charge is 2.35. The first kappa shape index (κ1) is 19.6. The zero-order valence-electron chi connectivity index (χ0n) is 15.2. The Hall–Kier alpha value is -3.16. The monoisotopic (exact) mass is 390 g/mol. The van der Waals surface area contributed by atoms with Gasteiger partial charge in [-0.25, -0.2) is 9.37 Å². The third kappa shape index (κ3) is 4.57. The molecule has 0 unspecified atom stereocenters. The number of hydrogen-bond acceptors (Lipinski definition) is 4. The molecule has 1 heterocycles. The second kappa shape index (κ2) is 7.84. The fourth-order valence-electron chi connectivity index (χ4n) is 2.52. The molecule has 0 aliphatic rings. The number of nitrogens with one attached hydrogen (secondary N) is 2. The topological polar surface area (TPSA) is 49.8 Å². The van der Waals surface area contributed by atoms with E-state index in [4.69, 9.17) is 0 Å². The van der Waals surface area contributed by atoms with Crippen LogP contribution in [0.2, 0.25) is 0 Å². The summed E-state index contributed by atoms with van der Waals surface area (Å²) in [5, 5.41) is 5.28. The average molecular weight is 390 g/mol. The highest BCUT2D eigenvalue weighted by Crippen LogP contribution is 2.35. The zero-order chi connectivity index (χ0) is 20.3. The number of nitrogens with zero attached hydrogens (tertiary/aromatic N) is 2. The quantitative estimate of drug-likeness (QED) is 0.506. The smallest absolute Gasteiger partial charge is 0.337 e. The van der Waals surface area contributed by atoms with Gasteiger partial charge in [-0.3, -0.25) is 0 Å². The van der Waals surface area contributed by atoms with Crippen molar-refractivity contribution >= 4 is 23.1 Å². The van der Waals surface area contributed by atoms with Crippen LogP contribution in [-0.2, 0) is 6.18 Å². The molecule has 3 aromatic rings. The number of hydrogen-bond donors (Lipinski definition) is 2. The Kier molecular flexibility index (Phi) is 5.48. The molecule has 0 saturated carbocycles. The number of anilines is 4. The van der Waals surface area contributed by atoms with Crippen molar-refractivity contribution in [1.82, 2.24) is 9.97 Å². The van der Waals surface area contributed by atoms with Gasteiger partial charge in [-0.05, 0) is 35.7 Å². The van der Waals surface area contributed by atoms with Gasteiger partial charge in [0.1, 0.15) is 17.2 Å². The molecule has 0 saturated heterocycles. The van der Waals surface area contributed by atoms with Crippen molar-refractivity contribution in [3.63, 3.8) is 0 Å². The second-order valence-electron chi connectivity index (χ2n) is 6.46. The van der Waals surface area contributed by atoms with Crippen LogP contribution in [0.3, 0.4) is 0 Å². The summed E-state index contributed by atoms with van der Waals surface area (Å²) in [5.74, 6) is -0.904. The van der Waals surface area contributed by atoms with Gasteiger partial charge in [0, 0.05) is 11.9 Å². The number of halogens is 4. The maximum atomic E-state index is 13.9. The maximum Gasteiger partial charge on any atom is 0.421 e. The molecule has 1 aromatic heterocycles. The fourth-order valence-corrected chi connectivity index (χ4v) is 2.52. The minimum Gasteiger partial charge on any atom is -0.337 e. The molecule has 2 N–H and O–H groups in total. The van der Waals surface area contributed by atoms with E-state index < -0.39 is 23.4 Å².